The Balaban J connectivity index is 2.64. The summed E-state index contributed by atoms with van der Waals surface area (Å²) in [6.07, 6.45) is 0. The first kappa shape index (κ1) is 11.2. The molecule has 0 spiro atoms. The van der Waals surface area contributed by atoms with E-state index in [0.29, 0.717) is 0 Å². The molecule has 0 heterocycles. The van der Waals surface area contributed by atoms with Gasteiger partial charge in [-0.25, -0.2) is 0 Å². The zero-order valence-electron chi connectivity index (χ0n) is 9.46. The molecule has 0 aliphatic rings. The van der Waals surface area contributed by atoms with Gasteiger partial charge in [-0.2, -0.15) is 0 Å². The molecular formula is C12H21N2+. The Labute approximate surface area is 86.9 Å². The van der Waals surface area contributed by atoms with Crippen LogP contribution in [0, 0.1) is 6.92 Å². The zero-order chi connectivity index (χ0) is 10.6. The number of benzene rings is 1. The summed E-state index contributed by atoms with van der Waals surface area (Å²) in [6, 6.07) is 8.73. The molecule has 2 nitrogen and oxygen atoms in total. The van der Waals surface area contributed by atoms with Crippen LogP contribution in [0.25, 0.3) is 0 Å². The Morgan fingerprint density at radius 1 is 1.14 bits per heavy atom. The Kier molecular flexibility index (Phi) is 3.67. The van der Waals surface area contributed by atoms with Crippen molar-refractivity contribution in [2.75, 3.05) is 27.2 Å². The highest BCUT2D eigenvalue weighted by Crippen LogP contribution is 2.09. The van der Waals surface area contributed by atoms with Crippen LogP contribution in [0.15, 0.2) is 24.3 Å². The van der Waals surface area contributed by atoms with Gasteiger partial charge in [-0.05, 0) is 6.92 Å². The molecule has 14 heavy (non-hydrogen) atoms. The van der Waals surface area contributed by atoms with E-state index in [-0.39, 0.29) is 0 Å². The van der Waals surface area contributed by atoms with Crippen molar-refractivity contribution in [1.29, 1.82) is 0 Å². The topological polar surface area (TPSA) is 26.0 Å². The lowest BCUT2D eigenvalue weighted by Crippen LogP contribution is -2.42. The summed E-state index contributed by atoms with van der Waals surface area (Å²) in [5, 5.41) is 0. The molecule has 0 atom stereocenters. The van der Waals surface area contributed by atoms with Crippen LogP contribution in [0.2, 0.25) is 0 Å². The molecule has 78 valence electrons. The van der Waals surface area contributed by atoms with Crippen LogP contribution in [0.1, 0.15) is 11.1 Å². The Hall–Kier alpha value is -0.860. The van der Waals surface area contributed by atoms with Crippen LogP contribution in [0.4, 0.5) is 0 Å². The van der Waals surface area contributed by atoms with Crippen molar-refractivity contribution in [2.24, 2.45) is 5.73 Å². The van der Waals surface area contributed by atoms with E-state index in [0.717, 1.165) is 24.1 Å². The van der Waals surface area contributed by atoms with Crippen LogP contribution >= 0.6 is 0 Å². The predicted octanol–water partition coefficient (Wildman–Crippen LogP) is 1.53. The number of hydrogen-bond donors (Lipinski definition) is 1. The van der Waals surface area contributed by atoms with Gasteiger partial charge in [0, 0.05) is 12.1 Å². The summed E-state index contributed by atoms with van der Waals surface area (Å²) in [6.45, 7) is 4.94. The lowest BCUT2D eigenvalue weighted by molar-refractivity contribution is -0.902. The largest absolute Gasteiger partial charge is 0.326 e. The first-order chi connectivity index (χ1) is 6.53. The smallest absolute Gasteiger partial charge is 0.104 e. The minimum atomic E-state index is 0.749. The summed E-state index contributed by atoms with van der Waals surface area (Å²) >= 11 is 0. The Bertz CT molecular complexity index is 275. The van der Waals surface area contributed by atoms with Crippen molar-refractivity contribution in [2.45, 2.75) is 13.5 Å². The summed E-state index contributed by atoms with van der Waals surface area (Å²) in [4.78, 5) is 0. The van der Waals surface area contributed by atoms with Gasteiger partial charge in [0.1, 0.15) is 6.54 Å². The van der Waals surface area contributed by atoms with Gasteiger partial charge < -0.3 is 10.2 Å². The van der Waals surface area contributed by atoms with E-state index in [1.54, 1.807) is 0 Å². The molecule has 0 radical (unpaired) electrons. The average Bonchev–Trinajstić information content (AvgIpc) is 2.08. The molecule has 0 unspecified atom stereocenters. The molecule has 0 aromatic heterocycles. The van der Waals surface area contributed by atoms with Crippen molar-refractivity contribution in [1.82, 2.24) is 0 Å². The second kappa shape index (κ2) is 4.58. The van der Waals surface area contributed by atoms with Crippen molar-refractivity contribution < 1.29 is 4.48 Å². The minimum Gasteiger partial charge on any atom is -0.326 e. The van der Waals surface area contributed by atoms with E-state index in [4.69, 9.17) is 5.73 Å². The number of rotatable bonds is 4. The van der Waals surface area contributed by atoms with E-state index in [2.05, 4.69) is 45.3 Å². The van der Waals surface area contributed by atoms with Crippen LogP contribution in [0.5, 0.6) is 0 Å². The number of likely N-dealkylation sites (N-methyl/N-ethyl adjacent to an activating group) is 1. The fourth-order valence-corrected chi connectivity index (χ4v) is 1.62. The molecule has 0 bridgehead atoms. The Morgan fingerprint density at radius 2 is 1.71 bits per heavy atom. The van der Waals surface area contributed by atoms with Gasteiger partial charge in [-0.3, -0.25) is 0 Å². The molecule has 0 fully saturated rings. The number of nitrogens with zero attached hydrogens (tertiary/aromatic N) is 1. The predicted molar refractivity (Wildman–Crippen MR) is 60.9 cm³/mol. The van der Waals surface area contributed by atoms with E-state index in [9.17, 15) is 0 Å². The monoisotopic (exact) mass is 193 g/mol. The highest BCUT2D eigenvalue weighted by molar-refractivity contribution is 5.20. The standard InChI is InChI=1S/C12H21N2/c1-11-4-6-12(7-5-11)10-14(2,3)9-8-13/h4-7H,8-10,13H2,1-3H3/q+1. The van der Waals surface area contributed by atoms with Gasteiger partial charge in [0.05, 0.1) is 20.6 Å². The number of aryl methyl sites for hydroxylation is 1. The molecule has 1 aromatic rings. The highest BCUT2D eigenvalue weighted by Gasteiger charge is 2.13. The van der Waals surface area contributed by atoms with Crippen molar-refractivity contribution in [3.8, 4) is 0 Å². The van der Waals surface area contributed by atoms with Crippen LogP contribution < -0.4 is 5.73 Å². The van der Waals surface area contributed by atoms with Gasteiger partial charge >= 0.3 is 0 Å². The van der Waals surface area contributed by atoms with Crippen molar-refractivity contribution >= 4 is 0 Å². The first-order valence-corrected chi connectivity index (χ1v) is 5.11. The van der Waals surface area contributed by atoms with E-state index >= 15 is 0 Å². The third-order valence-corrected chi connectivity index (χ3v) is 2.47. The van der Waals surface area contributed by atoms with Crippen molar-refractivity contribution in [3.05, 3.63) is 35.4 Å². The highest BCUT2D eigenvalue weighted by atomic mass is 15.3. The molecule has 0 amide bonds. The van der Waals surface area contributed by atoms with Gasteiger partial charge in [-0.1, -0.05) is 29.8 Å². The van der Waals surface area contributed by atoms with Crippen LogP contribution in [0.3, 0.4) is 0 Å². The van der Waals surface area contributed by atoms with E-state index in [1.165, 1.54) is 11.1 Å². The molecule has 1 aromatic carbocycles. The molecule has 1 rings (SSSR count). The van der Waals surface area contributed by atoms with Gasteiger partial charge in [0.15, 0.2) is 0 Å². The fourth-order valence-electron chi connectivity index (χ4n) is 1.62. The van der Waals surface area contributed by atoms with Crippen molar-refractivity contribution in [3.63, 3.8) is 0 Å². The quantitative estimate of drug-likeness (QED) is 0.721. The lowest BCUT2D eigenvalue weighted by atomic mass is 10.1. The van der Waals surface area contributed by atoms with E-state index in [1.807, 2.05) is 0 Å². The molecular weight excluding hydrogens is 172 g/mol. The van der Waals surface area contributed by atoms with Gasteiger partial charge in [-0.15, -0.1) is 0 Å². The third kappa shape index (κ3) is 3.48. The number of quaternary nitrogens is 1. The second-order valence-electron chi connectivity index (χ2n) is 4.59. The maximum absolute atomic E-state index is 5.58. The molecule has 2 N–H and O–H groups in total. The minimum absolute atomic E-state index is 0.749. The number of nitrogens with two attached hydrogens (primary N) is 1. The summed E-state index contributed by atoms with van der Waals surface area (Å²) in [5.41, 5.74) is 8.28. The van der Waals surface area contributed by atoms with Crippen LogP contribution in [-0.4, -0.2) is 31.7 Å². The second-order valence-corrected chi connectivity index (χ2v) is 4.59. The normalized spacial score (nSPS) is 11.7. The average molecular weight is 193 g/mol. The van der Waals surface area contributed by atoms with Gasteiger partial charge in [0.2, 0.25) is 0 Å². The Morgan fingerprint density at radius 3 is 2.21 bits per heavy atom. The first-order valence-electron chi connectivity index (χ1n) is 5.11. The maximum Gasteiger partial charge on any atom is 0.104 e. The summed E-state index contributed by atoms with van der Waals surface area (Å²) in [5.74, 6) is 0. The molecule has 0 aliphatic carbocycles. The van der Waals surface area contributed by atoms with Gasteiger partial charge in [0.25, 0.3) is 0 Å². The molecule has 0 aliphatic heterocycles. The summed E-state index contributed by atoms with van der Waals surface area (Å²) < 4.78 is 0.958. The van der Waals surface area contributed by atoms with Crippen LogP contribution in [-0.2, 0) is 6.54 Å². The SMILES string of the molecule is Cc1ccc(C[N+](C)(C)CCN)cc1. The lowest BCUT2D eigenvalue weighted by Gasteiger charge is -2.29. The molecule has 0 saturated heterocycles. The fraction of sp³-hybridized carbons (Fsp3) is 0.500. The third-order valence-electron chi connectivity index (χ3n) is 2.47. The zero-order valence-corrected chi connectivity index (χ0v) is 9.46. The molecule has 0 saturated carbocycles. The molecule has 2 heteroatoms. The van der Waals surface area contributed by atoms with E-state index < -0.39 is 0 Å². The maximum atomic E-state index is 5.58. The summed E-state index contributed by atoms with van der Waals surface area (Å²) in [7, 11) is 4.43. The number of hydrogen-bond acceptors (Lipinski definition) is 1.